The molecule has 1 heterocycles. The molecule has 0 aromatic rings. The van der Waals surface area contributed by atoms with Crippen LogP contribution in [0.4, 0.5) is 4.79 Å². The molecular weight excluding hydrogens is 268 g/mol. The first kappa shape index (κ1) is 17.8. The number of likely N-dealkylation sites (tertiary alicyclic amines) is 1. The largest absolute Gasteiger partial charge is 0.481 e. The summed E-state index contributed by atoms with van der Waals surface area (Å²) in [6.07, 6.45) is 4.31. The topological polar surface area (TPSA) is 69.6 Å². The number of nitrogens with one attached hydrogen (secondary N) is 1. The molecule has 0 aromatic carbocycles. The first-order valence-corrected chi connectivity index (χ1v) is 8.14. The van der Waals surface area contributed by atoms with Crippen LogP contribution in [-0.2, 0) is 4.79 Å². The van der Waals surface area contributed by atoms with Crippen molar-refractivity contribution in [2.45, 2.75) is 52.9 Å². The molecule has 1 aliphatic rings. The lowest BCUT2D eigenvalue weighted by Gasteiger charge is -2.35. The van der Waals surface area contributed by atoms with Crippen LogP contribution in [0.25, 0.3) is 0 Å². The molecule has 21 heavy (non-hydrogen) atoms. The van der Waals surface area contributed by atoms with Gasteiger partial charge in [-0.3, -0.25) is 4.79 Å². The summed E-state index contributed by atoms with van der Waals surface area (Å²) in [5.74, 6) is 0.339. The minimum Gasteiger partial charge on any atom is -0.481 e. The normalized spacial score (nSPS) is 20.4. The minimum absolute atomic E-state index is 0.00554. The first-order valence-electron chi connectivity index (χ1n) is 8.14. The highest BCUT2D eigenvalue weighted by molar-refractivity contribution is 5.74. The van der Waals surface area contributed by atoms with Crippen molar-refractivity contribution in [2.75, 3.05) is 19.6 Å². The van der Waals surface area contributed by atoms with E-state index in [0.717, 1.165) is 38.8 Å². The summed E-state index contributed by atoms with van der Waals surface area (Å²) in [4.78, 5) is 24.8. The van der Waals surface area contributed by atoms with Crippen molar-refractivity contribution in [3.8, 4) is 0 Å². The maximum atomic E-state index is 12.1. The summed E-state index contributed by atoms with van der Waals surface area (Å²) in [6, 6.07) is 0.00554. The Labute approximate surface area is 128 Å². The predicted octanol–water partition coefficient (Wildman–Crippen LogP) is 2.96. The predicted molar refractivity (Wildman–Crippen MR) is 83.2 cm³/mol. The molecule has 0 aliphatic carbocycles. The van der Waals surface area contributed by atoms with Gasteiger partial charge in [-0.15, -0.1) is 0 Å². The molecule has 0 radical (unpaired) electrons. The van der Waals surface area contributed by atoms with E-state index in [9.17, 15) is 9.59 Å². The second-order valence-corrected chi connectivity index (χ2v) is 6.69. The molecule has 0 saturated carbocycles. The van der Waals surface area contributed by atoms with E-state index < -0.39 is 5.97 Å². The van der Waals surface area contributed by atoms with E-state index in [1.807, 2.05) is 11.8 Å². The third-order valence-electron chi connectivity index (χ3n) is 4.28. The monoisotopic (exact) mass is 298 g/mol. The zero-order valence-corrected chi connectivity index (χ0v) is 13.6. The van der Waals surface area contributed by atoms with Crippen molar-refractivity contribution >= 4 is 12.0 Å². The molecule has 1 fully saturated rings. The summed E-state index contributed by atoms with van der Waals surface area (Å²) in [5.41, 5.74) is 0. The van der Waals surface area contributed by atoms with E-state index >= 15 is 0 Å². The SMILES string of the molecule is CC(C)CCCNC(=O)N1CCCC(C(C)CC(=O)O)C1. The average molecular weight is 298 g/mol. The molecule has 2 N–H and O–H groups in total. The number of aliphatic carboxylic acids is 1. The summed E-state index contributed by atoms with van der Waals surface area (Å²) in [5, 5.41) is 11.9. The number of carbonyl (C=O) groups is 2. The summed E-state index contributed by atoms with van der Waals surface area (Å²) in [7, 11) is 0. The van der Waals surface area contributed by atoms with E-state index in [2.05, 4.69) is 19.2 Å². The number of carboxylic acid groups (broad SMARTS) is 1. The molecule has 2 atom stereocenters. The second kappa shape index (κ2) is 8.90. The molecule has 0 aromatic heterocycles. The smallest absolute Gasteiger partial charge is 0.317 e. The number of carbonyl (C=O) groups excluding carboxylic acids is 1. The molecule has 0 spiro atoms. The van der Waals surface area contributed by atoms with Gasteiger partial charge in [0.05, 0.1) is 0 Å². The maximum absolute atomic E-state index is 12.1. The molecule has 0 bridgehead atoms. The lowest BCUT2D eigenvalue weighted by Crippen LogP contribution is -2.47. The van der Waals surface area contributed by atoms with Gasteiger partial charge in [0, 0.05) is 26.1 Å². The van der Waals surface area contributed by atoms with Crippen LogP contribution in [0.1, 0.15) is 52.9 Å². The summed E-state index contributed by atoms with van der Waals surface area (Å²) < 4.78 is 0. The molecule has 1 saturated heterocycles. The van der Waals surface area contributed by atoms with Crippen molar-refractivity contribution in [1.82, 2.24) is 10.2 Å². The summed E-state index contributed by atoms with van der Waals surface area (Å²) >= 11 is 0. The highest BCUT2D eigenvalue weighted by Crippen LogP contribution is 2.26. The number of carboxylic acids is 1. The van der Waals surface area contributed by atoms with Crippen molar-refractivity contribution < 1.29 is 14.7 Å². The zero-order valence-electron chi connectivity index (χ0n) is 13.6. The van der Waals surface area contributed by atoms with Gasteiger partial charge < -0.3 is 15.3 Å². The van der Waals surface area contributed by atoms with Gasteiger partial charge >= 0.3 is 12.0 Å². The Balaban J connectivity index is 2.34. The van der Waals surface area contributed by atoms with Crippen molar-refractivity contribution in [3.05, 3.63) is 0 Å². The molecule has 5 heteroatoms. The fourth-order valence-corrected chi connectivity index (χ4v) is 2.92. The van der Waals surface area contributed by atoms with E-state index in [0.29, 0.717) is 18.4 Å². The Hall–Kier alpha value is -1.26. The first-order chi connectivity index (χ1) is 9.90. The molecule has 2 amide bonds. The number of nitrogens with zero attached hydrogens (tertiary/aromatic N) is 1. The zero-order chi connectivity index (χ0) is 15.8. The fourth-order valence-electron chi connectivity index (χ4n) is 2.92. The van der Waals surface area contributed by atoms with Crippen LogP contribution >= 0.6 is 0 Å². The molecule has 1 aliphatic heterocycles. The Morgan fingerprint density at radius 2 is 2.05 bits per heavy atom. The van der Waals surface area contributed by atoms with Crippen LogP contribution in [0.3, 0.4) is 0 Å². The van der Waals surface area contributed by atoms with Crippen LogP contribution in [0.5, 0.6) is 0 Å². The van der Waals surface area contributed by atoms with Gasteiger partial charge in [0.2, 0.25) is 0 Å². The van der Waals surface area contributed by atoms with Crippen molar-refractivity contribution in [3.63, 3.8) is 0 Å². The van der Waals surface area contributed by atoms with Gasteiger partial charge in [-0.25, -0.2) is 4.79 Å². The quantitative estimate of drug-likeness (QED) is 0.710. The number of amides is 2. The molecule has 2 unspecified atom stereocenters. The Bertz CT molecular complexity index is 344. The molecule has 5 nitrogen and oxygen atoms in total. The van der Waals surface area contributed by atoms with E-state index in [4.69, 9.17) is 5.11 Å². The molecule has 1 rings (SSSR count). The van der Waals surface area contributed by atoms with Gasteiger partial charge in [-0.2, -0.15) is 0 Å². The standard InChI is InChI=1S/C16H30N2O3/c1-12(2)6-4-8-17-16(21)18-9-5-7-14(11-18)13(3)10-15(19)20/h12-14H,4-11H2,1-3H3,(H,17,21)(H,19,20). The third-order valence-corrected chi connectivity index (χ3v) is 4.28. The highest BCUT2D eigenvalue weighted by Gasteiger charge is 2.28. The Morgan fingerprint density at radius 3 is 2.67 bits per heavy atom. The fraction of sp³-hybridized carbons (Fsp3) is 0.875. The van der Waals surface area contributed by atoms with Crippen LogP contribution in [-0.4, -0.2) is 41.6 Å². The third kappa shape index (κ3) is 6.82. The highest BCUT2D eigenvalue weighted by atomic mass is 16.4. The van der Waals surface area contributed by atoms with E-state index in [1.165, 1.54) is 0 Å². The molecular formula is C16H30N2O3. The summed E-state index contributed by atoms with van der Waals surface area (Å²) in [6.45, 7) is 8.53. The van der Waals surface area contributed by atoms with Gasteiger partial charge in [0.1, 0.15) is 0 Å². The van der Waals surface area contributed by atoms with Crippen LogP contribution in [0, 0.1) is 17.8 Å². The number of hydrogen-bond acceptors (Lipinski definition) is 2. The minimum atomic E-state index is -0.752. The van der Waals surface area contributed by atoms with Crippen LogP contribution in [0.2, 0.25) is 0 Å². The lowest BCUT2D eigenvalue weighted by molar-refractivity contribution is -0.138. The van der Waals surface area contributed by atoms with Crippen LogP contribution in [0.15, 0.2) is 0 Å². The Morgan fingerprint density at radius 1 is 1.33 bits per heavy atom. The van der Waals surface area contributed by atoms with E-state index in [1.54, 1.807) is 0 Å². The van der Waals surface area contributed by atoms with Gasteiger partial charge in [0.25, 0.3) is 0 Å². The number of hydrogen-bond donors (Lipinski definition) is 2. The molecule has 122 valence electrons. The maximum Gasteiger partial charge on any atom is 0.317 e. The number of rotatable bonds is 7. The number of piperidine rings is 1. The van der Waals surface area contributed by atoms with Gasteiger partial charge in [0.15, 0.2) is 0 Å². The number of urea groups is 1. The van der Waals surface area contributed by atoms with Gasteiger partial charge in [-0.1, -0.05) is 20.8 Å². The lowest BCUT2D eigenvalue weighted by atomic mass is 9.85. The average Bonchev–Trinajstić information content (AvgIpc) is 2.42. The Kier molecular flexibility index (Phi) is 7.54. The van der Waals surface area contributed by atoms with Crippen molar-refractivity contribution in [1.29, 1.82) is 0 Å². The van der Waals surface area contributed by atoms with E-state index in [-0.39, 0.29) is 18.4 Å². The second-order valence-electron chi connectivity index (χ2n) is 6.69. The van der Waals surface area contributed by atoms with Crippen LogP contribution < -0.4 is 5.32 Å². The van der Waals surface area contributed by atoms with Crippen molar-refractivity contribution in [2.24, 2.45) is 17.8 Å². The van der Waals surface area contributed by atoms with Gasteiger partial charge in [-0.05, 0) is 43.4 Å².